The van der Waals surface area contributed by atoms with E-state index in [-0.39, 0.29) is 11.3 Å². The van der Waals surface area contributed by atoms with Crippen LogP contribution >= 0.6 is 0 Å². The fourth-order valence-electron chi connectivity index (χ4n) is 2.98. The quantitative estimate of drug-likeness (QED) is 0.575. The zero-order valence-electron chi connectivity index (χ0n) is 16.5. The van der Waals surface area contributed by atoms with Gasteiger partial charge in [-0.2, -0.15) is 8.78 Å². The lowest BCUT2D eigenvalue weighted by molar-refractivity contribution is -0.0498. The number of benzene rings is 3. The first-order chi connectivity index (χ1) is 14.5. The first-order valence-electron chi connectivity index (χ1n) is 9.14. The van der Waals surface area contributed by atoms with E-state index in [9.17, 15) is 13.6 Å². The molecule has 3 aromatic carbocycles. The summed E-state index contributed by atoms with van der Waals surface area (Å²) in [6, 6.07) is 19.8. The molecule has 7 heteroatoms. The van der Waals surface area contributed by atoms with Crippen LogP contribution in [0.2, 0.25) is 0 Å². The second-order valence-electron chi connectivity index (χ2n) is 6.36. The van der Waals surface area contributed by atoms with Crippen molar-refractivity contribution in [1.29, 1.82) is 0 Å². The third-order valence-corrected chi connectivity index (χ3v) is 4.50. The average Bonchev–Trinajstić information content (AvgIpc) is 2.77. The van der Waals surface area contributed by atoms with E-state index in [0.717, 1.165) is 11.1 Å². The summed E-state index contributed by atoms with van der Waals surface area (Å²) in [4.78, 5) is 12.9. The third-order valence-electron chi connectivity index (χ3n) is 4.50. The van der Waals surface area contributed by atoms with Gasteiger partial charge in [0.15, 0.2) is 0 Å². The predicted molar refractivity (Wildman–Crippen MR) is 108 cm³/mol. The van der Waals surface area contributed by atoms with E-state index in [0.29, 0.717) is 11.5 Å². The molecular weight excluding hydrogens is 392 g/mol. The molecule has 0 heterocycles. The molecule has 3 rings (SSSR count). The number of carbonyl (C=O) groups excluding carboxylic acids is 1. The third kappa shape index (κ3) is 5.26. The van der Waals surface area contributed by atoms with Crippen LogP contribution < -0.4 is 19.5 Å². The minimum absolute atomic E-state index is 0.0805. The summed E-state index contributed by atoms with van der Waals surface area (Å²) in [7, 11) is 3.15. The number of rotatable bonds is 8. The van der Waals surface area contributed by atoms with Gasteiger partial charge in [-0.05, 0) is 53.6 Å². The molecule has 30 heavy (non-hydrogen) atoms. The first-order valence-corrected chi connectivity index (χ1v) is 9.14. The number of carbonyl (C=O) groups is 1. The Morgan fingerprint density at radius 2 is 1.33 bits per heavy atom. The van der Waals surface area contributed by atoms with E-state index >= 15 is 0 Å². The summed E-state index contributed by atoms with van der Waals surface area (Å²) >= 11 is 0. The summed E-state index contributed by atoms with van der Waals surface area (Å²) < 4.78 is 39.8. The van der Waals surface area contributed by atoms with Crippen LogP contribution in [0.1, 0.15) is 27.5 Å². The van der Waals surface area contributed by atoms with Crippen molar-refractivity contribution in [3.05, 3.63) is 89.5 Å². The van der Waals surface area contributed by atoms with Gasteiger partial charge in [-0.1, -0.05) is 30.3 Å². The van der Waals surface area contributed by atoms with Gasteiger partial charge in [-0.3, -0.25) is 4.79 Å². The maximum absolute atomic E-state index is 12.9. The predicted octanol–water partition coefficient (Wildman–Crippen LogP) is 4.82. The molecule has 0 saturated heterocycles. The smallest absolute Gasteiger partial charge is 0.387 e. The van der Waals surface area contributed by atoms with Crippen LogP contribution in [0, 0.1) is 0 Å². The summed E-state index contributed by atoms with van der Waals surface area (Å²) in [5.41, 5.74) is 1.86. The van der Waals surface area contributed by atoms with Crippen molar-refractivity contribution in [1.82, 2.24) is 5.32 Å². The number of halogens is 2. The molecule has 0 radical (unpaired) electrons. The Bertz CT molecular complexity index is 928. The van der Waals surface area contributed by atoms with Crippen LogP contribution in [0.3, 0.4) is 0 Å². The zero-order chi connectivity index (χ0) is 21.5. The van der Waals surface area contributed by atoms with Crippen molar-refractivity contribution >= 4 is 5.91 Å². The second-order valence-corrected chi connectivity index (χ2v) is 6.36. The molecule has 0 unspecified atom stereocenters. The summed E-state index contributed by atoms with van der Waals surface area (Å²) in [5, 5.41) is 2.96. The van der Waals surface area contributed by atoms with Crippen molar-refractivity contribution in [3.63, 3.8) is 0 Å². The van der Waals surface area contributed by atoms with E-state index in [4.69, 9.17) is 9.47 Å². The molecule has 0 bridgehead atoms. The van der Waals surface area contributed by atoms with E-state index in [1.165, 1.54) is 24.3 Å². The summed E-state index contributed by atoms with van der Waals surface area (Å²) in [6.07, 6.45) is 0. The monoisotopic (exact) mass is 413 g/mol. The normalized spacial score (nSPS) is 10.7. The molecule has 0 aliphatic heterocycles. The van der Waals surface area contributed by atoms with Gasteiger partial charge in [0.05, 0.1) is 20.3 Å². The number of alkyl halides is 2. The largest absolute Gasteiger partial charge is 0.497 e. The van der Waals surface area contributed by atoms with Gasteiger partial charge in [0, 0.05) is 5.56 Å². The van der Waals surface area contributed by atoms with Crippen molar-refractivity contribution < 1.29 is 27.8 Å². The van der Waals surface area contributed by atoms with Gasteiger partial charge < -0.3 is 19.5 Å². The van der Waals surface area contributed by atoms with Gasteiger partial charge >= 0.3 is 6.61 Å². The molecule has 0 aliphatic carbocycles. The fourth-order valence-corrected chi connectivity index (χ4v) is 2.98. The molecule has 156 valence electrons. The molecule has 1 N–H and O–H groups in total. The molecule has 0 spiro atoms. The zero-order valence-corrected chi connectivity index (χ0v) is 16.5. The van der Waals surface area contributed by atoms with E-state index in [1.807, 2.05) is 24.3 Å². The summed E-state index contributed by atoms with van der Waals surface area (Å²) in [6.45, 7) is -2.96. The lowest BCUT2D eigenvalue weighted by atomic mass is 9.98. The molecule has 0 atom stereocenters. The Morgan fingerprint density at radius 3 is 1.80 bits per heavy atom. The van der Waals surface area contributed by atoms with Gasteiger partial charge in [-0.25, -0.2) is 0 Å². The second kappa shape index (κ2) is 9.73. The molecule has 3 aromatic rings. The van der Waals surface area contributed by atoms with Crippen molar-refractivity contribution in [3.8, 4) is 17.2 Å². The first kappa shape index (κ1) is 21.1. The molecule has 5 nitrogen and oxygen atoms in total. The lowest BCUT2D eigenvalue weighted by Crippen LogP contribution is -2.29. The minimum Gasteiger partial charge on any atom is -0.497 e. The fraction of sp³-hybridized carbons (Fsp3) is 0.174. The maximum Gasteiger partial charge on any atom is 0.387 e. The van der Waals surface area contributed by atoms with Crippen LogP contribution in [0.15, 0.2) is 72.8 Å². The van der Waals surface area contributed by atoms with Crippen LogP contribution in [-0.2, 0) is 0 Å². The molecule has 0 fully saturated rings. The highest BCUT2D eigenvalue weighted by Gasteiger charge is 2.19. The highest BCUT2D eigenvalue weighted by molar-refractivity contribution is 5.95. The van der Waals surface area contributed by atoms with Crippen LogP contribution in [0.25, 0.3) is 0 Å². The molecular formula is C23H21F2NO4. The number of ether oxygens (including phenoxy) is 3. The van der Waals surface area contributed by atoms with E-state index < -0.39 is 18.6 Å². The Hall–Kier alpha value is -3.61. The molecule has 0 aromatic heterocycles. The minimum atomic E-state index is -2.96. The highest BCUT2D eigenvalue weighted by atomic mass is 19.3. The van der Waals surface area contributed by atoms with Gasteiger partial charge in [0.25, 0.3) is 5.91 Å². The van der Waals surface area contributed by atoms with Crippen LogP contribution in [0.5, 0.6) is 17.2 Å². The lowest BCUT2D eigenvalue weighted by Gasteiger charge is -2.21. The van der Waals surface area contributed by atoms with Gasteiger partial charge in [0.1, 0.15) is 17.2 Å². The Labute approximate surface area is 173 Å². The SMILES string of the molecule is COc1ccc(C(NC(=O)c2cccc(OC(F)F)c2)c2ccc(OC)cc2)cc1. The van der Waals surface area contributed by atoms with E-state index in [2.05, 4.69) is 10.1 Å². The molecule has 0 aliphatic rings. The molecule has 1 amide bonds. The number of amides is 1. The number of hydrogen-bond acceptors (Lipinski definition) is 4. The molecule has 0 saturated carbocycles. The standard InChI is InChI=1S/C23H21F2NO4/c1-28-18-10-6-15(7-11-18)21(16-8-12-19(29-2)13-9-16)26-22(27)17-4-3-5-20(14-17)30-23(24)25/h3-14,21,23H,1-2H3,(H,26,27). The van der Waals surface area contributed by atoms with Crippen molar-refractivity contribution in [2.45, 2.75) is 12.7 Å². The Morgan fingerprint density at radius 1 is 0.800 bits per heavy atom. The van der Waals surface area contributed by atoms with Gasteiger partial charge in [-0.15, -0.1) is 0 Å². The number of methoxy groups -OCH3 is 2. The van der Waals surface area contributed by atoms with Crippen molar-refractivity contribution in [2.24, 2.45) is 0 Å². The topological polar surface area (TPSA) is 56.8 Å². The maximum atomic E-state index is 12.9. The van der Waals surface area contributed by atoms with Crippen molar-refractivity contribution in [2.75, 3.05) is 14.2 Å². The Balaban J connectivity index is 1.90. The number of nitrogens with one attached hydrogen (secondary N) is 1. The Kier molecular flexibility index (Phi) is 6.85. The van der Waals surface area contributed by atoms with E-state index in [1.54, 1.807) is 38.5 Å². The average molecular weight is 413 g/mol. The van der Waals surface area contributed by atoms with Crippen LogP contribution in [0.4, 0.5) is 8.78 Å². The summed E-state index contributed by atoms with van der Waals surface area (Å²) in [5.74, 6) is 0.875. The number of hydrogen-bond donors (Lipinski definition) is 1. The highest BCUT2D eigenvalue weighted by Crippen LogP contribution is 2.27. The van der Waals surface area contributed by atoms with Crippen LogP contribution in [-0.4, -0.2) is 26.7 Å². The van der Waals surface area contributed by atoms with Gasteiger partial charge in [0.2, 0.25) is 0 Å².